The summed E-state index contributed by atoms with van der Waals surface area (Å²) >= 11 is 5.67. The summed E-state index contributed by atoms with van der Waals surface area (Å²) in [5, 5.41) is 10.7. The van der Waals surface area contributed by atoms with E-state index in [9.17, 15) is 9.50 Å². The number of hydrogen-bond acceptors (Lipinski definition) is 2. The molecule has 0 aliphatic carbocycles. The normalized spacial score (nSPS) is 19.6. The molecule has 4 heteroatoms. The molecule has 106 valence electrons. The van der Waals surface area contributed by atoms with Gasteiger partial charge in [-0.05, 0) is 43.5 Å². The van der Waals surface area contributed by atoms with Crippen molar-refractivity contribution in [2.75, 3.05) is 19.6 Å². The van der Waals surface area contributed by atoms with Crippen LogP contribution in [0, 0.1) is 5.82 Å². The fraction of sp³-hybridized carbons (Fsp3) is 0.600. The van der Waals surface area contributed by atoms with E-state index in [1.54, 1.807) is 12.1 Å². The van der Waals surface area contributed by atoms with E-state index < -0.39 is 11.4 Å². The Balaban J connectivity index is 1.96. The Kier molecular flexibility index (Phi) is 4.82. The van der Waals surface area contributed by atoms with Gasteiger partial charge in [0.1, 0.15) is 5.82 Å². The third kappa shape index (κ3) is 3.91. The minimum atomic E-state index is -0.704. The number of aliphatic hydroxyl groups is 1. The third-order valence-electron chi connectivity index (χ3n) is 3.84. The first kappa shape index (κ1) is 14.8. The summed E-state index contributed by atoms with van der Waals surface area (Å²) in [5.74, 6) is -0.411. The zero-order valence-corrected chi connectivity index (χ0v) is 12.1. The van der Waals surface area contributed by atoms with Crippen molar-refractivity contribution >= 4 is 11.6 Å². The Morgan fingerprint density at radius 3 is 2.63 bits per heavy atom. The maximum absolute atomic E-state index is 13.4. The van der Waals surface area contributed by atoms with Crippen molar-refractivity contribution in [3.8, 4) is 0 Å². The van der Waals surface area contributed by atoms with Crippen LogP contribution in [0.3, 0.4) is 0 Å². The summed E-state index contributed by atoms with van der Waals surface area (Å²) < 4.78 is 13.4. The predicted octanol–water partition coefficient (Wildman–Crippen LogP) is 3.26. The molecule has 0 unspecified atom stereocenters. The molecule has 1 aliphatic rings. The van der Waals surface area contributed by atoms with E-state index in [2.05, 4.69) is 11.8 Å². The number of hydrogen-bond donors (Lipinski definition) is 1. The number of halogens is 2. The third-order valence-corrected chi connectivity index (χ3v) is 4.15. The highest BCUT2D eigenvalue weighted by Gasteiger charge is 2.32. The Hall–Kier alpha value is -0.640. The maximum Gasteiger partial charge on any atom is 0.142 e. The largest absolute Gasteiger partial charge is 0.389 e. The van der Waals surface area contributed by atoms with Crippen molar-refractivity contribution in [3.05, 3.63) is 34.6 Å². The summed E-state index contributed by atoms with van der Waals surface area (Å²) in [6.07, 6.45) is 3.14. The fourth-order valence-electron chi connectivity index (χ4n) is 2.72. The standard InChI is InChI=1S/C15H21ClFNO/c1-2-7-18-8-5-15(19,6-9-18)11-12-3-4-13(16)14(17)10-12/h3-4,10,19H,2,5-9,11H2,1H3. The lowest BCUT2D eigenvalue weighted by Gasteiger charge is -2.38. The second-order valence-corrected chi connectivity index (χ2v) is 5.90. The van der Waals surface area contributed by atoms with E-state index in [-0.39, 0.29) is 5.02 Å². The SMILES string of the molecule is CCCN1CCC(O)(Cc2ccc(Cl)c(F)c2)CC1. The molecule has 1 saturated heterocycles. The van der Waals surface area contributed by atoms with E-state index in [0.717, 1.165) is 44.5 Å². The summed E-state index contributed by atoms with van der Waals surface area (Å²) in [5.41, 5.74) is 0.109. The van der Waals surface area contributed by atoms with Crippen LogP contribution < -0.4 is 0 Å². The van der Waals surface area contributed by atoms with Crippen molar-refractivity contribution in [2.45, 2.75) is 38.2 Å². The molecule has 0 aromatic heterocycles. The van der Waals surface area contributed by atoms with Gasteiger partial charge in [0, 0.05) is 19.5 Å². The lowest BCUT2D eigenvalue weighted by atomic mass is 9.85. The zero-order valence-electron chi connectivity index (χ0n) is 11.3. The molecule has 1 aromatic rings. The van der Waals surface area contributed by atoms with E-state index >= 15 is 0 Å². The van der Waals surface area contributed by atoms with Gasteiger partial charge in [-0.15, -0.1) is 0 Å². The summed E-state index contributed by atoms with van der Waals surface area (Å²) in [7, 11) is 0. The van der Waals surface area contributed by atoms with Gasteiger partial charge in [-0.3, -0.25) is 0 Å². The molecule has 0 radical (unpaired) electrons. The molecule has 0 spiro atoms. The summed E-state index contributed by atoms with van der Waals surface area (Å²) in [4.78, 5) is 2.37. The molecule has 1 heterocycles. The molecule has 2 nitrogen and oxygen atoms in total. The Morgan fingerprint density at radius 1 is 1.37 bits per heavy atom. The lowest BCUT2D eigenvalue weighted by molar-refractivity contribution is -0.0205. The van der Waals surface area contributed by atoms with E-state index in [0.29, 0.717) is 6.42 Å². The fourth-order valence-corrected chi connectivity index (χ4v) is 2.83. The zero-order chi connectivity index (χ0) is 13.9. The smallest absolute Gasteiger partial charge is 0.142 e. The minimum Gasteiger partial charge on any atom is -0.389 e. The van der Waals surface area contributed by atoms with Crippen LogP contribution in [0.2, 0.25) is 5.02 Å². The van der Waals surface area contributed by atoms with Crippen molar-refractivity contribution in [2.24, 2.45) is 0 Å². The number of nitrogens with zero attached hydrogens (tertiary/aromatic N) is 1. The maximum atomic E-state index is 13.4. The van der Waals surface area contributed by atoms with Gasteiger partial charge in [0.2, 0.25) is 0 Å². The van der Waals surface area contributed by atoms with Crippen LogP contribution in [0.15, 0.2) is 18.2 Å². The first-order chi connectivity index (χ1) is 9.02. The molecule has 1 aromatic carbocycles. The first-order valence-electron chi connectivity index (χ1n) is 6.91. The number of likely N-dealkylation sites (tertiary alicyclic amines) is 1. The van der Waals surface area contributed by atoms with Gasteiger partial charge < -0.3 is 10.0 Å². The van der Waals surface area contributed by atoms with Crippen molar-refractivity contribution in [1.82, 2.24) is 4.90 Å². The molecule has 0 bridgehead atoms. The topological polar surface area (TPSA) is 23.5 Å². The molecule has 1 N–H and O–H groups in total. The molecule has 1 fully saturated rings. The molecule has 0 saturated carbocycles. The van der Waals surface area contributed by atoms with E-state index in [1.807, 2.05) is 0 Å². The van der Waals surface area contributed by atoms with Crippen LogP contribution in [0.5, 0.6) is 0 Å². The molecule has 2 rings (SSSR count). The van der Waals surface area contributed by atoms with Crippen LogP contribution in [-0.2, 0) is 6.42 Å². The van der Waals surface area contributed by atoms with Crippen LogP contribution in [0.25, 0.3) is 0 Å². The molecular formula is C15H21ClFNO. The van der Waals surface area contributed by atoms with E-state index in [4.69, 9.17) is 11.6 Å². The lowest BCUT2D eigenvalue weighted by Crippen LogP contribution is -2.45. The Morgan fingerprint density at radius 2 is 2.05 bits per heavy atom. The van der Waals surface area contributed by atoms with Crippen LogP contribution >= 0.6 is 11.6 Å². The second-order valence-electron chi connectivity index (χ2n) is 5.49. The van der Waals surface area contributed by atoms with Crippen LogP contribution in [0.4, 0.5) is 4.39 Å². The van der Waals surface area contributed by atoms with Crippen molar-refractivity contribution in [3.63, 3.8) is 0 Å². The van der Waals surface area contributed by atoms with Gasteiger partial charge in [0.15, 0.2) is 0 Å². The number of piperidine rings is 1. The molecule has 19 heavy (non-hydrogen) atoms. The molecule has 0 atom stereocenters. The van der Waals surface area contributed by atoms with Gasteiger partial charge >= 0.3 is 0 Å². The highest BCUT2D eigenvalue weighted by molar-refractivity contribution is 6.30. The molecule has 0 amide bonds. The van der Waals surface area contributed by atoms with Gasteiger partial charge in [-0.1, -0.05) is 24.6 Å². The second kappa shape index (κ2) is 6.21. The highest BCUT2D eigenvalue weighted by Crippen LogP contribution is 2.27. The Labute approximate surface area is 119 Å². The van der Waals surface area contributed by atoms with Gasteiger partial charge in [-0.25, -0.2) is 4.39 Å². The summed E-state index contributed by atoms with van der Waals surface area (Å²) in [6, 6.07) is 4.78. The van der Waals surface area contributed by atoms with Crippen molar-refractivity contribution < 1.29 is 9.50 Å². The minimum absolute atomic E-state index is 0.133. The number of benzene rings is 1. The predicted molar refractivity (Wildman–Crippen MR) is 76.0 cm³/mol. The highest BCUT2D eigenvalue weighted by atomic mass is 35.5. The van der Waals surface area contributed by atoms with Crippen molar-refractivity contribution in [1.29, 1.82) is 0 Å². The molecular weight excluding hydrogens is 265 g/mol. The van der Waals surface area contributed by atoms with Gasteiger partial charge in [-0.2, -0.15) is 0 Å². The number of rotatable bonds is 4. The average molecular weight is 286 g/mol. The monoisotopic (exact) mass is 285 g/mol. The van der Waals surface area contributed by atoms with Gasteiger partial charge in [0.05, 0.1) is 10.6 Å². The van der Waals surface area contributed by atoms with E-state index in [1.165, 1.54) is 6.07 Å². The quantitative estimate of drug-likeness (QED) is 0.918. The molecule has 1 aliphatic heterocycles. The van der Waals surface area contributed by atoms with Crippen LogP contribution in [-0.4, -0.2) is 35.2 Å². The van der Waals surface area contributed by atoms with Crippen LogP contribution in [0.1, 0.15) is 31.7 Å². The first-order valence-corrected chi connectivity index (χ1v) is 7.29. The van der Waals surface area contributed by atoms with Gasteiger partial charge in [0.25, 0.3) is 0 Å². The summed E-state index contributed by atoms with van der Waals surface area (Å²) in [6.45, 7) is 5.09. The Bertz CT molecular complexity index is 430. The average Bonchev–Trinajstić information content (AvgIpc) is 2.37.